The summed E-state index contributed by atoms with van der Waals surface area (Å²) in [4.78, 5) is -0.0773. The van der Waals surface area contributed by atoms with Crippen LogP contribution >= 0.6 is 0 Å². The van der Waals surface area contributed by atoms with Crippen LogP contribution in [0.4, 0.5) is 18.9 Å². The highest BCUT2D eigenvalue weighted by atomic mass is 32.2. The van der Waals surface area contributed by atoms with Crippen LogP contribution in [0.15, 0.2) is 53.4 Å². The minimum absolute atomic E-state index is 0.0773. The van der Waals surface area contributed by atoms with Crippen molar-refractivity contribution in [3.8, 4) is 0 Å². The minimum atomic E-state index is -4.64. The van der Waals surface area contributed by atoms with Crippen molar-refractivity contribution in [2.75, 3.05) is 4.72 Å². The maximum absolute atomic E-state index is 13.0. The molecular formula is C17H18F3NO2S. The van der Waals surface area contributed by atoms with Gasteiger partial charge in [0, 0.05) is 0 Å². The van der Waals surface area contributed by atoms with E-state index in [0.717, 1.165) is 24.1 Å². The molecule has 1 unspecified atom stereocenters. The van der Waals surface area contributed by atoms with Gasteiger partial charge < -0.3 is 0 Å². The highest BCUT2D eigenvalue weighted by Gasteiger charge is 2.34. The van der Waals surface area contributed by atoms with E-state index in [-0.39, 0.29) is 10.8 Å². The van der Waals surface area contributed by atoms with Gasteiger partial charge in [-0.3, -0.25) is 4.72 Å². The number of alkyl halides is 3. The van der Waals surface area contributed by atoms with E-state index < -0.39 is 27.5 Å². The molecule has 0 aliphatic rings. The molecule has 0 spiro atoms. The van der Waals surface area contributed by atoms with Gasteiger partial charge in [0.15, 0.2) is 0 Å². The van der Waals surface area contributed by atoms with E-state index in [2.05, 4.69) is 0 Å². The van der Waals surface area contributed by atoms with Crippen LogP contribution < -0.4 is 4.72 Å². The smallest absolute Gasteiger partial charge is 0.279 e. The topological polar surface area (TPSA) is 46.2 Å². The maximum atomic E-state index is 13.0. The van der Waals surface area contributed by atoms with Crippen molar-refractivity contribution >= 4 is 15.7 Å². The molecule has 2 aromatic carbocycles. The van der Waals surface area contributed by atoms with Crippen molar-refractivity contribution in [3.63, 3.8) is 0 Å². The number of nitrogens with one attached hydrogen (secondary N) is 1. The zero-order chi connectivity index (χ0) is 18.0. The van der Waals surface area contributed by atoms with Crippen molar-refractivity contribution in [2.24, 2.45) is 0 Å². The Morgan fingerprint density at radius 3 is 2.17 bits per heavy atom. The Morgan fingerprint density at radius 2 is 1.62 bits per heavy atom. The van der Waals surface area contributed by atoms with Gasteiger partial charge in [0.2, 0.25) is 0 Å². The van der Waals surface area contributed by atoms with E-state index in [0.29, 0.717) is 0 Å². The second-order valence-electron chi connectivity index (χ2n) is 5.53. The van der Waals surface area contributed by atoms with Crippen molar-refractivity contribution < 1.29 is 21.6 Å². The molecule has 0 saturated carbocycles. The number of anilines is 1. The van der Waals surface area contributed by atoms with Crippen LogP contribution in [0.5, 0.6) is 0 Å². The Balaban J connectivity index is 2.33. The highest BCUT2D eigenvalue weighted by molar-refractivity contribution is 7.92. The molecule has 0 fully saturated rings. The summed E-state index contributed by atoms with van der Waals surface area (Å²) in [5.74, 6) is 0.278. The molecule has 1 N–H and O–H groups in total. The quantitative estimate of drug-likeness (QED) is 0.817. The third kappa shape index (κ3) is 4.08. The van der Waals surface area contributed by atoms with E-state index >= 15 is 0 Å². The molecule has 7 heteroatoms. The Labute approximate surface area is 139 Å². The van der Waals surface area contributed by atoms with Gasteiger partial charge in [0.05, 0.1) is 16.1 Å². The lowest BCUT2D eigenvalue weighted by Gasteiger charge is -2.15. The zero-order valence-corrected chi connectivity index (χ0v) is 14.1. The van der Waals surface area contributed by atoms with Crippen molar-refractivity contribution in [2.45, 2.75) is 37.3 Å². The molecule has 1 atom stereocenters. The molecule has 2 rings (SSSR count). The SMILES string of the molecule is CCC(C)c1ccc(S(=O)(=O)Nc2ccccc2C(F)(F)F)cc1. The summed E-state index contributed by atoms with van der Waals surface area (Å²) < 4.78 is 65.6. The third-order valence-corrected chi connectivity index (χ3v) is 5.23. The van der Waals surface area contributed by atoms with E-state index in [9.17, 15) is 21.6 Å². The van der Waals surface area contributed by atoms with E-state index in [1.807, 2.05) is 18.6 Å². The molecule has 0 saturated heterocycles. The molecule has 2 aromatic rings. The monoisotopic (exact) mass is 357 g/mol. The van der Waals surface area contributed by atoms with Crippen molar-refractivity contribution in [3.05, 3.63) is 59.7 Å². The fourth-order valence-electron chi connectivity index (χ4n) is 2.23. The molecular weight excluding hydrogens is 339 g/mol. The fraction of sp³-hybridized carbons (Fsp3) is 0.294. The van der Waals surface area contributed by atoms with Gasteiger partial charge in [-0.15, -0.1) is 0 Å². The minimum Gasteiger partial charge on any atom is -0.279 e. The van der Waals surface area contributed by atoms with E-state index in [1.165, 1.54) is 24.3 Å². The summed E-state index contributed by atoms with van der Waals surface area (Å²) in [5, 5.41) is 0. The Kier molecular flexibility index (Phi) is 5.22. The van der Waals surface area contributed by atoms with E-state index in [4.69, 9.17) is 0 Å². The van der Waals surface area contributed by atoms with Crippen LogP contribution in [0, 0.1) is 0 Å². The highest BCUT2D eigenvalue weighted by Crippen LogP contribution is 2.35. The van der Waals surface area contributed by atoms with Crippen LogP contribution in [-0.4, -0.2) is 8.42 Å². The summed E-state index contributed by atoms with van der Waals surface area (Å²) in [6.07, 6.45) is -3.73. The number of benzene rings is 2. The second-order valence-corrected chi connectivity index (χ2v) is 7.21. The molecule has 0 aliphatic heterocycles. The van der Waals surface area contributed by atoms with Gasteiger partial charge in [-0.05, 0) is 42.2 Å². The third-order valence-electron chi connectivity index (χ3n) is 3.85. The van der Waals surface area contributed by atoms with Gasteiger partial charge in [-0.2, -0.15) is 13.2 Å². The lowest BCUT2D eigenvalue weighted by atomic mass is 9.99. The molecule has 0 bridgehead atoms. The van der Waals surface area contributed by atoms with Gasteiger partial charge in [-0.25, -0.2) is 8.42 Å². The average Bonchev–Trinajstić information content (AvgIpc) is 2.53. The number of hydrogen-bond donors (Lipinski definition) is 1. The van der Waals surface area contributed by atoms with Gasteiger partial charge in [0.1, 0.15) is 0 Å². The molecule has 0 amide bonds. The maximum Gasteiger partial charge on any atom is 0.418 e. The normalized spacial score (nSPS) is 13.5. The fourth-order valence-corrected chi connectivity index (χ4v) is 3.31. The van der Waals surface area contributed by atoms with Crippen LogP contribution in [0.3, 0.4) is 0 Å². The lowest BCUT2D eigenvalue weighted by molar-refractivity contribution is -0.136. The Hall–Kier alpha value is -2.02. The number of hydrogen-bond acceptors (Lipinski definition) is 2. The van der Waals surface area contributed by atoms with Crippen molar-refractivity contribution in [1.29, 1.82) is 0 Å². The van der Waals surface area contributed by atoms with Crippen LogP contribution in [0.1, 0.15) is 37.3 Å². The largest absolute Gasteiger partial charge is 0.418 e. The number of halogens is 3. The molecule has 0 aromatic heterocycles. The molecule has 24 heavy (non-hydrogen) atoms. The summed E-state index contributed by atoms with van der Waals surface area (Å²) in [5.41, 5.74) is -0.534. The predicted octanol–water partition coefficient (Wildman–Crippen LogP) is 5.02. The predicted molar refractivity (Wildman–Crippen MR) is 87.4 cm³/mol. The first-order valence-electron chi connectivity index (χ1n) is 7.44. The molecule has 3 nitrogen and oxygen atoms in total. The number of sulfonamides is 1. The summed E-state index contributed by atoms with van der Waals surface area (Å²) in [6.45, 7) is 4.03. The average molecular weight is 357 g/mol. The lowest BCUT2D eigenvalue weighted by Crippen LogP contribution is -2.17. The van der Waals surface area contributed by atoms with Gasteiger partial charge in [0.25, 0.3) is 10.0 Å². The first-order valence-corrected chi connectivity index (χ1v) is 8.92. The summed E-state index contributed by atoms with van der Waals surface area (Å²) in [7, 11) is -4.10. The second kappa shape index (κ2) is 6.84. The van der Waals surface area contributed by atoms with Crippen LogP contribution in [-0.2, 0) is 16.2 Å². The molecule has 0 heterocycles. The first-order chi connectivity index (χ1) is 11.1. The molecule has 0 radical (unpaired) electrons. The summed E-state index contributed by atoms with van der Waals surface area (Å²) >= 11 is 0. The number of rotatable bonds is 5. The van der Waals surface area contributed by atoms with E-state index in [1.54, 1.807) is 12.1 Å². The van der Waals surface area contributed by atoms with Gasteiger partial charge >= 0.3 is 6.18 Å². The standard InChI is InChI=1S/C17H18F3NO2S/c1-3-12(2)13-8-10-14(11-9-13)24(22,23)21-16-7-5-4-6-15(16)17(18,19)20/h4-12,21H,3H2,1-2H3. The number of para-hydroxylation sites is 1. The Morgan fingerprint density at radius 1 is 1.04 bits per heavy atom. The zero-order valence-electron chi connectivity index (χ0n) is 13.3. The summed E-state index contributed by atoms with van der Waals surface area (Å²) in [6, 6.07) is 10.6. The van der Waals surface area contributed by atoms with Crippen molar-refractivity contribution in [1.82, 2.24) is 0 Å². The van der Waals surface area contributed by atoms with Crippen LogP contribution in [0.2, 0.25) is 0 Å². The first kappa shape index (κ1) is 18.3. The van der Waals surface area contributed by atoms with Gasteiger partial charge in [-0.1, -0.05) is 38.1 Å². The molecule has 0 aliphatic carbocycles. The Bertz CT molecular complexity index is 799. The van der Waals surface area contributed by atoms with Crippen LogP contribution in [0.25, 0.3) is 0 Å². The molecule has 130 valence electrons.